The number of carbonyl (C=O) groups excluding carboxylic acids is 2. The number of carbonyl (C=O) groups is 2. The summed E-state index contributed by atoms with van der Waals surface area (Å²) in [5.74, 6) is -0.327. The summed E-state index contributed by atoms with van der Waals surface area (Å²) in [5.41, 5.74) is -0.196. The maximum absolute atomic E-state index is 11.3. The Balaban J connectivity index is 2.58. The Morgan fingerprint density at radius 3 is 2.36 bits per heavy atom. The highest BCUT2D eigenvalue weighted by Crippen LogP contribution is 2.46. The van der Waals surface area contributed by atoms with Gasteiger partial charge in [-0.3, -0.25) is 9.59 Å². The van der Waals surface area contributed by atoms with Crippen molar-refractivity contribution < 1.29 is 14.3 Å². The van der Waals surface area contributed by atoms with Crippen LogP contribution in [0.4, 0.5) is 0 Å². The Hall–Kier alpha value is -1.06. The first kappa shape index (κ1) is 11.0. The van der Waals surface area contributed by atoms with E-state index in [1.165, 1.54) is 14.0 Å². The van der Waals surface area contributed by atoms with E-state index >= 15 is 0 Å². The number of rotatable bonds is 2. The summed E-state index contributed by atoms with van der Waals surface area (Å²) in [6, 6.07) is 0.0871. The quantitative estimate of drug-likeness (QED) is 0.666. The number of hydrogen-bond donors (Lipinski definition) is 1. The highest BCUT2D eigenvalue weighted by atomic mass is 16.5. The van der Waals surface area contributed by atoms with Crippen molar-refractivity contribution in [2.75, 3.05) is 7.11 Å². The van der Waals surface area contributed by atoms with Crippen LogP contribution in [-0.4, -0.2) is 25.0 Å². The van der Waals surface area contributed by atoms with E-state index < -0.39 is 0 Å². The molecule has 4 heteroatoms. The van der Waals surface area contributed by atoms with Gasteiger partial charge >= 0.3 is 5.97 Å². The smallest absolute Gasteiger partial charge is 0.309 e. The number of esters is 1. The lowest BCUT2D eigenvalue weighted by atomic mass is 9.58. The lowest BCUT2D eigenvalue weighted by Crippen LogP contribution is -2.60. The topological polar surface area (TPSA) is 55.4 Å². The third kappa shape index (κ3) is 1.74. The molecule has 0 saturated heterocycles. The Labute approximate surface area is 84.0 Å². The van der Waals surface area contributed by atoms with Gasteiger partial charge in [-0.25, -0.2) is 0 Å². The minimum atomic E-state index is -0.196. The van der Waals surface area contributed by atoms with E-state index in [0.717, 1.165) is 0 Å². The number of amides is 1. The predicted octanol–water partition coefficient (Wildman–Crippen LogP) is 0.710. The number of ether oxygens (including phenoxy) is 1. The molecule has 2 atom stereocenters. The predicted molar refractivity (Wildman–Crippen MR) is 51.5 cm³/mol. The van der Waals surface area contributed by atoms with Crippen molar-refractivity contribution in [1.29, 1.82) is 0 Å². The summed E-state index contributed by atoms with van der Waals surface area (Å²) < 4.78 is 4.69. The molecule has 0 aliphatic heterocycles. The SMILES string of the molecule is COC(=O)[C@@H]1C[C@H](NC(C)=O)C1(C)C. The van der Waals surface area contributed by atoms with Crippen LogP contribution >= 0.6 is 0 Å². The third-order valence-electron chi connectivity index (χ3n) is 3.13. The van der Waals surface area contributed by atoms with Gasteiger partial charge in [-0.05, 0) is 11.8 Å². The molecular formula is C10H17NO3. The monoisotopic (exact) mass is 199 g/mol. The number of nitrogens with one attached hydrogen (secondary N) is 1. The molecule has 4 nitrogen and oxygen atoms in total. The zero-order chi connectivity index (χ0) is 10.9. The molecule has 0 spiro atoms. The van der Waals surface area contributed by atoms with E-state index in [0.29, 0.717) is 6.42 Å². The second-order valence-corrected chi connectivity index (χ2v) is 4.39. The Kier molecular flexibility index (Phi) is 2.83. The molecule has 0 aromatic heterocycles. The first-order valence-electron chi connectivity index (χ1n) is 4.74. The van der Waals surface area contributed by atoms with Gasteiger partial charge in [0.1, 0.15) is 0 Å². The maximum Gasteiger partial charge on any atom is 0.309 e. The molecule has 1 N–H and O–H groups in total. The Morgan fingerprint density at radius 2 is 2.00 bits per heavy atom. The Bertz CT molecular complexity index is 260. The van der Waals surface area contributed by atoms with E-state index in [-0.39, 0.29) is 29.3 Å². The van der Waals surface area contributed by atoms with Crippen LogP contribution in [0.1, 0.15) is 27.2 Å². The molecule has 0 bridgehead atoms. The molecule has 1 saturated carbocycles. The minimum absolute atomic E-state index is 0.0496. The Morgan fingerprint density at radius 1 is 1.43 bits per heavy atom. The van der Waals surface area contributed by atoms with Crippen molar-refractivity contribution in [1.82, 2.24) is 5.32 Å². The van der Waals surface area contributed by atoms with E-state index in [2.05, 4.69) is 5.32 Å². The summed E-state index contributed by atoms with van der Waals surface area (Å²) in [4.78, 5) is 22.2. The lowest BCUT2D eigenvalue weighted by molar-refractivity contribution is -0.160. The van der Waals surface area contributed by atoms with E-state index in [1.54, 1.807) is 0 Å². The third-order valence-corrected chi connectivity index (χ3v) is 3.13. The average molecular weight is 199 g/mol. The van der Waals surface area contributed by atoms with Crippen molar-refractivity contribution in [3.63, 3.8) is 0 Å². The van der Waals surface area contributed by atoms with Gasteiger partial charge in [0.15, 0.2) is 0 Å². The number of methoxy groups -OCH3 is 1. The van der Waals surface area contributed by atoms with Crippen LogP contribution in [0.15, 0.2) is 0 Å². The van der Waals surface area contributed by atoms with Gasteiger partial charge in [0.2, 0.25) is 5.91 Å². The lowest BCUT2D eigenvalue weighted by Gasteiger charge is -2.50. The summed E-state index contributed by atoms with van der Waals surface area (Å²) in [7, 11) is 1.39. The second-order valence-electron chi connectivity index (χ2n) is 4.39. The van der Waals surface area contributed by atoms with Gasteiger partial charge in [-0.15, -0.1) is 0 Å². The van der Waals surface area contributed by atoms with E-state index in [4.69, 9.17) is 4.74 Å². The first-order chi connectivity index (χ1) is 6.39. The zero-order valence-corrected chi connectivity index (χ0v) is 9.09. The average Bonchev–Trinajstić information content (AvgIpc) is 2.10. The molecule has 1 fully saturated rings. The first-order valence-corrected chi connectivity index (χ1v) is 4.74. The van der Waals surface area contributed by atoms with Crippen molar-refractivity contribution in [3.05, 3.63) is 0 Å². The molecule has 1 aliphatic carbocycles. The van der Waals surface area contributed by atoms with Crippen LogP contribution in [0.5, 0.6) is 0 Å². The van der Waals surface area contributed by atoms with Crippen LogP contribution in [0.2, 0.25) is 0 Å². The highest BCUT2D eigenvalue weighted by molar-refractivity contribution is 5.77. The highest BCUT2D eigenvalue weighted by Gasteiger charge is 2.52. The molecule has 0 unspecified atom stereocenters. The molecule has 1 rings (SSSR count). The van der Waals surface area contributed by atoms with E-state index in [9.17, 15) is 9.59 Å². The summed E-state index contributed by atoms with van der Waals surface area (Å²) >= 11 is 0. The fourth-order valence-corrected chi connectivity index (χ4v) is 1.96. The van der Waals surface area contributed by atoms with Crippen LogP contribution in [0.25, 0.3) is 0 Å². The molecule has 14 heavy (non-hydrogen) atoms. The molecule has 0 aromatic carbocycles. The van der Waals surface area contributed by atoms with Crippen molar-refractivity contribution >= 4 is 11.9 Å². The zero-order valence-electron chi connectivity index (χ0n) is 9.09. The van der Waals surface area contributed by atoms with Gasteiger partial charge in [0.25, 0.3) is 0 Å². The van der Waals surface area contributed by atoms with Gasteiger partial charge in [-0.1, -0.05) is 13.8 Å². The van der Waals surface area contributed by atoms with Crippen molar-refractivity contribution in [2.24, 2.45) is 11.3 Å². The number of hydrogen-bond acceptors (Lipinski definition) is 3. The standard InChI is InChI=1S/C10H17NO3/c1-6(12)11-8-5-7(9(13)14-4)10(8,2)3/h7-8H,5H2,1-4H3,(H,11,12)/t7-,8-/m0/s1. The molecule has 80 valence electrons. The van der Waals surface area contributed by atoms with Crippen LogP contribution in [0, 0.1) is 11.3 Å². The van der Waals surface area contributed by atoms with Crippen LogP contribution in [-0.2, 0) is 14.3 Å². The molecule has 0 radical (unpaired) electrons. The molecular weight excluding hydrogens is 182 g/mol. The van der Waals surface area contributed by atoms with Crippen LogP contribution < -0.4 is 5.32 Å². The minimum Gasteiger partial charge on any atom is -0.469 e. The molecule has 1 amide bonds. The van der Waals surface area contributed by atoms with Gasteiger partial charge in [-0.2, -0.15) is 0 Å². The van der Waals surface area contributed by atoms with Crippen molar-refractivity contribution in [3.8, 4) is 0 Å². The van der Waals surface area contributed by atoms with E-state index in [1.807, 2.05) is 13.8 Å². The maximum atomic E-state index is 11.3. The van der Waals surface area contributed by atoms with Gasteiger partial charge < -0.3 is 10.1 Å². The molecule has 0 aromatic rings. The fourth-order valence-electron chi connectivity index (χ4n) is 1.96. The normalized spacial score (nSPS) is 28.9. The summed E-state index contributed by atoms with van der Waals surface area (Å²) in [5, 5.41) is 2.83. The fraction of sp³-hybridized carbons (Fsp3) is 0.800. The largest absolute Gasteiger partial charge is 0.469 e. The van der Waals surface area contributed by atoms with Gasteiger partial charge in [0.05, 0.1) is 13.0 Å². The molecule has 1 aliphatic rings. The van der Waals surface area contributed by atoms with Crippen molar-refractivity contribution in [2.45, 2.75) is 33.2 Å². The summed E-state index contributed by atoms with van der Waals surface area (Å²) in [6.07, 6.45) is 0.680. The summed E-state index contributed by atoms with van der Waals surface area (Å²) in [6.45, 7) is 5.43. The van der Waals surface area contributed by atoms with Gasteiger partial charge in [0, 0.05) is 13.0 Å². The second kappa shape index (κ2) is 3.59. The molecule has 0 heterocycles. The van der Waals surface area contributed by atoms with Crippen LogP contribution in [0.3, 0.4) is 0 Å².